The fraction of sp³-hybridized carbons (Fsp3) is 0.440. The van der Waals surface area contributed by atoms with Crippen LogP contribution >= 0.6 is 11.6 Å². The molecule has 0 bridgehead atoms. The third-order valence-corrected chi connectivity index (χ3v) is 7.17. The van der Waals surface area contributed by atoms with Crippen molar-refractivity contribution in [2.75, 3.05) is 6.54 Å². The lowest BCUT2D eigenvalue weighted by Gasteiger charge is -2.30. The number of halogens is 1. The molecule has 5 rings (SSSR count). The fourth-order valence-electron chi connectivity index (χ4n) is 5.20. The van der Waals surface area contributed by atoms with Crippen molar-refractivity contribution in [3.05, 3.63) is 59.1 Å². The van der Waals surface area contributed by atoms with Crippen LogP contribution in [0.5, 0.6) is 0 Å². The number of hydrogen-bond donors (Lipinski definition) is 1. The van der Waals surface area contributed by atoms with E-state index in [1.54, 1.807) is 4.90 Å². The summed E-state index contributed by atoms with van der Waals surface area (Å²) in [7, 11) is 0. The lowest BCUT2D eigenvalue weighted by atomic mass is 9.83. The van der Waals surface area contributed by atoms with Crippen LogP contribution in [-0.2, 0) is 10.3 Å². The quantitative estimate of drug-likeness (QED) is 0.707. The molecule has 30 heavy (non-hydrogen) atoms. The van der Waals surface area contributed by atoms with Crippen molar-refractivity contribution in [1.29, 1.82) is 0 Å². The van der Waals surface area contributed by atoms with Gasteiger partial charge in [-0.2, -0.15) is 0 Å². The van der Waals surface area contributed by atoms with Gasteiger partial charge in [-0.25, -0.2) is 4.99 Å². The van der Waals surface area contributed by atoms with Crippen LogP contribution in [0.3, 0.4) is 0 Å². The number of benzene rings is 2. The molecule has 0 aromatic heterocycles. The Balaban J connectivity index is 1.50. The molecule has 5 heteroatoms. The molecule has 2 aromatic carbocycles. The van der Waals surface area contributed by atoms with Crippen molar-refractivity contribution in [3.8, 4) is 11.1 Å². The monoisotopic (exact) mass is 421 g/mol. The number of rotatable bonds is 5. The normalized spacial score (nSPS) is 24.9. The first-order valence-electron chi connectivity index (χ1n) is 11.1. The van der Waals surface area contributed by atoms with Crippen molar-refractivity contribution in [2.45, 2.75) is 50.5 Å². The second kappa shape index (κ2) is 7.73. The summed E-state index contributed by atoms with van der Waals surface area (Å²) in [6.07, 6.45) is 8.19. The van der Waals surface area contributed by atoms with E-state index in [1.165, 1.54) is 32.1 Å². The maximum atomic E-state index is 13.8. The summed E-state index contributed by atoms with van der Waals surface area (Å²) in [4.78, 5) is 20.5. The Hall–Kier alpha value is -2.33. The average Bonchev–Trinajstić information content (AvgIpc) is 3.58. The first-order valence-corrected chi connectivity index (χ1v) is 11.5. The zero-order chi connectivity index (χ0) is 20.7. The molecule has 1 unspecified atom stereocenters. The van der Waals surface area contributed by atoms with Gasteiger partial charge in [-0.15, -0.1) is 0 Å². The zero-order valence-electron chi connectivity index (χ0n) is 17.2. The smallest absolute Gasteiger partial charge is 0.262 e. The molecule has 1 atom stereocenters. The fourth-order valence-corrected chi connectivity index (χ4v) is 5.39. The molecule has 2 saturated carbocycles. The third kappa shape index (κ3) is 3.41. The van der Waals surface area contributed by atoms with Crippen LogP contribution in [-0.4, -0.2) is 23.3 Å². The van der Waals surface area contributed by atoms with E-state index >= 15 is 0 Å². The number of guanidine groups is 1. The molecule has 2 fully saturated rings. The van der Waals surface area contributed by atoms with Gasteiger partial charge in [0.05, 0.1) is 0 Å². The van der Waals surface area contributed by atoms with Crippen LogP contribution in [0.2, 0.25) is 5.02 Å². The van der Waals surface area contributed by atoms with Crippen LogP contribution < -0.4 is 5.73 Å². The summed E-state index contributed by atoms with van der Waals surface area (Å²) in [5.41, 5.74) is 8.53. The van der Waals surface area contributed by atoms with Gasteiger partial charge >= 0.3 is 0 Å². The molecule has 1 amide bonds. The van der Waals surface area contributed by atoms with Crippen molar-refractivity contribution >= 4 is 23.5 Å². The van der Waals surface area contributed by atoms with Gasteiger partial charge in [0.15, 0.2) is 11.5 Å². The van der Waals surface area contributed by atoms with Crippen molar-refractivity contribution < 1.29 is 4.79 Å². The van der Waals surface area contributed by atoms with Crippen molar-refractivity contribution in [1.82, 2.24) is 4.90 Å². The highest BCUT2D eigenvalue weighted by Crippen LogP contribution is 2.52. The standard InChI is InChI=1S/C25H28ClN3O/c26-22-11-5-9-19(15-22)18-8-4-10-21(14-18)25(20-12-13-20)23(30)29(24(27)28-25)16-17-6-2-1-3-7-17/h4-5,8-11,14-15,17,20H,1-3,6-7,12-13,16H2,(H2,27,28). The lowest BCUT2D eigenvalue weighted by molar-refractivity contribution is -0.132. The Morgan fingerprint density at radius 3 is 2.40 bits per heavy atom. The van der Waals surface area contributed by atoms with E-state index in [0.29, 0.717) is 23.4 Å². The minimum atomic E-state index is -0.868. The van der Waals surface area contributed by atoms with Crippen LogP contribution in [0, 0.1) is 11.8 Å². The Kier molecular flexibility index (Phi) is 5.06. The average molecular weight is 422 g/mol. The van der Waals surface area contributed by atoms with E-state index in [0.717, 1.165) is 29.5 Å². The number of nitrogens with two attached hydrogens (primary N) is 1. The molecule has 1 heterocycles. The van der Waals surface area contributed by atoms with Crippen molar-refractivity contribution in [3.63, 3.8) is 0 Å². The molecular formula is C25H28ClN3O. The van der Waals surface area contributed by atoms with Crippen LogP contribution in [0.25, 0.3) is 11.1 Å². The predicted octanol–water partition coefficient (Wildman–Crippen LogP) is 5.35. The van der Waals surface area contributed by atoms with Crippen LogP contribution in [0.1, 0.15) is 50.5 Å². The Morgan fingerprint density at radius 1 is 1.00 bits per heavy atom. The molecule has 0 spiro atoms. The molecule has 0 saturated heterocycles. The molecule has 2 aliphatic carbocycles. The topological polar surface area (TPSA) is 58.7 Å². The summed E-state index contributed by atoms with van der Waals surface area (Å²) >= 11 is 6.20. The largest absolute Gasteiger partial charge is 0.369 e. The molecule has 1 aliphatic heterocycles. The number of amides is 1. The van der Waals surface area contributed by atoms with E-state index in [-0.39, 0.29) is 11.8 Å². The van der Waals surface area contributed by atoms with Gasteiger partial charge in [0.25, 0.3) is 5.91 Å². The molecular weight excluding hydrogens is 394 g/mol. The molecule has 3 aliphatic rings. The maximum Gasteiger partial charge on any atom is 0.262 e. The minimum Gasteiger partial charge on any atom is -0.369 e. The minimum absolute atomic E-state index is 0.0660. The summed E-state index contributed by atoms with van der Waals surface area (Å²) < 4.78 is 0. The molecule has 0 radical (unpaired) electrons. The Morgan fingerprint density at radius 2 is 1.70 bits per heavy atom. The van der Waals surface area contributed by atoms with E-state index < -0.39 is 5.54 Å². The molecule has 2 N–H and O–H groups in total. The van der Waals surface area contributed by atoms with Crippen LogP contribution in [0.15, 0.2) is 53.5 Å². The lowest BCUT2D eigenvalue weighted by Crippen LogP contribution is -2.46. The maximum absolute atomic E-state index is 13.8. The molecule has 156 valence electrons. The number of nitrogens with zero attached hydrogens (tertiary/aromatic N) is 2. The van der Waals surface area contributed by atoms with Gasteiger partial charge in [0, 0.05) is 11.6 Å². The third-order valence-electron chi connectivity index (χ3n) is 6.93. The summed E-state index contributed by atoms with van der Waals surface area (Å²) in [6, 6.07) is 16.0. The Labute approximate surface area is 183 Å². The van der Waals surface area contributed by atoms with Gasteiger partial charge in [0.1, 0.15) is 0 Å². The zero-order valence-corrected chi connectivity index (χ0v) is 17.9. The number of carbonyl (C=O) groups excluding carboxylic acids is 1. The summed E-state index contributed by atoms with van der Waals surface area (Å²) in [6.45, 7) is 0.705. The predicted molar refractivity (Wildman–Crippen MR) is 121 cm³/mol. The van der Waals surface area contributed by atoms with Crippen LogP contribution in [0.4, 0.5) is 0 Å². The molecule has 4 nitrogen and oxygen atoms in total. The van der Waals surface area contributed by atoms with Gasteiger partial charge < -0.3 is 5.73 Å². The van der Waals surface area contributed by atoms with E-state index in [9.17, 15) is 4.79 Å². The number of aliphatic imine (C=N–C) groups is 1. The van der Waals surface area contributed by atoms with Gasteiger partial charge in [0.2, 0.25) is 0 Å². The second-order valence-electron chi connectivity index (χ2n) is 9.02. The number of carbonyl (C=O) groups is 1. The van der Waals surface area contributed by atoms with E-state index in [1.807, 2.05) is 36.4 Å². The van der Waals surface area contributed by atoms with Crippen molar-refractivity contribution in [2.24, 2.45) is 22.6 Å². The highest BCUT2D eigenvalue weighted by Gasteiger charge is 2.58. The van der Waals surface area contributed by atoms with Gasteiger partial charge in [-0.05, 0) is 72.4 Å². The first kappa shape index (κ1) is 19.6. The SMILES string of the molecule is NC1=NC(c2cccc(-c3cccc(Cl)c3)c2)(C2CC2)C(=O)N1CC1CCCCC1. The van der Waals surface area contributed by atoms with Gasteiger partial charge in [-0.3, -0.25) is 9.69 Å². The number of hydrogen-bond acceptors (Lipinski definition) is 3. The second-order valence-corrected chi connectivity index (χ2v) is 9.46. The first-order chi connectivity index (χ1) is 14.6. The Bertz CT molecular complexity index is 993. The summed E-state index contributed by atoms with van der Waals surface area (Å²) in [5.74, 6) is 1.22. The highest BCUT2D eigenvalue weighted by molar-refractivity contribution is 6.30. The van der Waals surface area contributed by atoms with E-state index in [4.69, 9.17) is 22.3 Å². The van der Waals surface area contributed by atoms with Gasteiger partial charge in [-0.1, -0.05) is 61.2 Å². The van der Waals surface area contributed by atoms with E-state index in [2.05, 4.69) is 12.1 Å². The molecule has 2 aromatic rings. The highest BCUT2D eigenvalue weighted by atomic mass is 35.5. The summed E-state index contributed by atoms with van der Waals surface area (Å²) in [5, 5.41) is 0.702.